The molecule has 1 aromatic heterocycles. The smallest absolute Gasteiger partial charge is 0.376 e. The number of nitrogens with one attached hydrogen (secondary N) is 1. The second-order valence-electron chi connectivity index (χ2n) is 3.14. The molecule has 0 aliphatic heterocycles. The van der Waals surface area contributed by atoms with Crippen LogP contribution in [0.15, 0.2) is 12.3 Å². The number of nitrogens with zero attached hydrogens (tertiary/aromatic N) is 1. The Labute approximate surface area is 100 Å². The van der Waals surface area contributed by atoms with Gasteiger partial charge < -0.3 is 5.73 Å². The van der Waals surface area contributed by atoms with Crippen LogP contribution in [0.2, 0.25) is 0 Å². The zero-order valence-electron chi connectivity index (χ0n) is 8.63. The van der Waals surface area contributed by atoms with E-state index in [1.54, 1.807) is 0 Å². The zero-order chi connectivity index (χ0) is 13.2. The molecule has 0 spiro atoms. The second kappa shape index (κ2) is 4.66. The van der Waals surface area contributed by atoms with Crippen LogP contribution in [0.3, 0.4) is 0 Å². The number of alkyl halides is 3. The molecule has 1 rings (SSSR count). The molecule has 0 bridgehead atoms. The number of carbonyl (C=O) groups is 1. The van der Waals surface area contributed by atoms with Gasteiger partial charge in [-0.05, 0) is 25.2 Å². The number of amides is 1. The molecule has 8 heteroatoms. The Kier molecular flexibility index (Phi) is 3.66. The molecule has 0 aliphatic carbocycles. The average Bonchev–Trinajstić information content (AvgIpc) is 2.14. The number of nitrogens with two attached hydrogens (primary N) is 1. The summed E-state index contributed by atoms with van der Waals surface area (Å²) in [6, 6.07) is 0.724. The minimum atomic E-state index is -4.64. The Bertz CT molecular complexity index is 473. The molecule has 3 N–H and O–H groups in total. The fourth-order valence-corrected chi connectivity index (χ4v) is 1.36. The Morgan fingerprint density at radius 3 is 2.59 bits per heavy atom. The third-order valence-electron chi connectivity index (χ3n) is 1.91. The highest BCUT2D eigenvalue weighted by atomic mass is 32.1. The van der Waals surface area contributed by atoms with E-state index in [2.05, 4.69) is 17.2 Å². The van der Waals surface area contributed by atoms with E-state index in [0.717, 1.165) is 12.3 Å². The molecule has 0 aliphatic rings. The summed E-state index contributed by atoms with van der Waals surface area (Å²) in [6.45, 7) is 1.30. The van der Waals surface area contributed by atoms with E-state index >= 15 is 0 Å². The van der Waals surface area contributed by atoms with Gasteiger partial charge in [0.25, 0.3) is 5.91 Å². The van der Waals surface area contributed by atoms with E-state index in [-0.39, 0.29) is 5.69 Å². The van der Waals surface area contributed by atoms with E-state index in [1.165, 1.54) is 6.92 Å². The van der Waals surface area contributed by atoms with Crippen molar-refractivity contribution in [2.75, 3.05) is 0 Å². The van der Waals surface area contributed by atoms with Gasteiger partial charge in [-0.25, -0.2) is 0 Å². The summed E-state index contributed by atoms with van der Waals surface area (Å²) in [7, 11) is 0. The molecule has 92 valence electrons. The number of rotatable bonds is 1. The first kappa shape index (κ1) is 13.4. The summed E-state index contributed by atoms with van der Waals surface area (Å²) in [5.41, 5.74) is 3.34. The SMILES string of the molecule is Cc1nccc(C(F)(F)F)c1C(=O)NC(N)=S. The lowest BCUT2D eigenvalue weighted by atomic mass is 10.1. The van der Waals surface area contributed by atoms with Gasteiger partial charge in [0.05, 0.1) is 16.8 Å². The van der Waals surface area contributed by atoms with Crippen molar-refractivity contribution in [1.82, 2.24) is 10.3 Å². The van der Waals surface area contributed by atoms with Crippen LogP contribution >= 0.6 is 12.2 Å². The van der Waals surface area contributed by atoms with Crippen LogP contribution in [0.4, 0.5) is 13.2 Å². The highest BCUT2D eigenvalue weighted by Crippen LogP contribution is 2.32. The fourth-order valence-electron chi connectivity index (χ4n) is 1.26. The van der Waals surface area contributed by atoms with Crippen molar-refractivity contribution in [3.63, 3.8) is 0 Å². The number of aryl methyl sites for hydroxylation is 1. The van der Waals surface area contributed by atoms with Gasteiger partial charge in [-0.3, -0.25) is 15.1 Å². The maximum absolute atomic E-state index is 12.7. The summed E-state index contributed by atoms with van der Waals surface area (Å²) in [5.74, 6) is -1.02. The van der Waals surface area contributed by atoms with E-state index in [1.807, 2.05) is 5.32 Å². The van der Waals surface area contributed by atoms with Gasteiger partial charge in [-0.2, -0.15) is 13.2 Å². The van der Waals surface area contributed by atoms with Crippen molar-refractivity contribution in [2.45, 2.75) is 13.1 Å². The first-order valence-electron chi connectivity index (χ1n) is 4.37. The van der Waals surface area contributed by atoms with Crippen molar-refractivity contribution in [1.29, 1.82) is 0 Å². The molecule has 0 fully saturated rings. The summed E-state index contributed by atoms with van der Waals surface area (Å²) >= 11 is 4.40. The van der Waals surface area contributed by atoms with Crippen LogP contribution in [-0.4, -0.2) is 16.0 Å². The third kappa shape index (κ3) is 3.13. The lowest BCUT2D eigenvalue weighted by molar-refractivity contribution is -0.138. The van der Waals surface area contributed by atoms with Crippen LogP contribution in [-0.2, 0) is 6.18 Å². The Morgan fingerprint density at radius 1 is 1.53 bits per heavy atom. The van der Waals surface area contributed by atoms with Crippen LogP contribution in [0.5, 0.6) is 0 Å². The number of thiocarbonyl (C=S) groups is 1. The van der Waals surface area contributed by atoms with Gasteiger partial charge in [0.1, 0.15) is 0 Å². The predicted octanol–water partition coefficient (Wildman–Crippen LogP) is 1.38. The maximum atomic E-state index is 12.7. The van der Waals surface area contributed by atoms with Gasteiger partial charge in [0.2, 0.25) is 0 Å². The number of aromatic nitrogens is 1. The molecule has 1 amide bonds. The largest absolute Gasteiger partial charge is 0.417 e. The number of pyridine rings is 1. The number of hydrogen-bond acceptors (Lipinski definition) is 3. The van der Waals surface area contributed by atoms with E-state index in [0.29, 0.717) is 0 Å². The van der Waals surface area contributed by atoms with Gasteiger partial charge in [-0.15, -0.1) is 0 Å². The summed E-state index contributed by atoms with van der Waals surface area (Å²) in [4.78, 5) is 15.2. The molecule has 0 atom stereocenters. The van der Waals surface area contributed by atoms with Crippen LogP contribution in [0.25, 0.3) is 0 Å². The Balaban J connectivity index is 3.31. The van der Waals surface area contributed by atoms with Crippen LogP contribution in [0, 0.1) is 6.92 Å². The molecule has 0 radical (unpaired) electrons. The Hall–Kier alpha value is -1.70. The number of carbonyl (C=O) groups excluding carboxylic acids is 1. The maximum Gasteiger partial charge on any atom is 0.417 e. The van der Waals surface area contributed by atoms with Gasteiger partial charge in [-0.1, -0.05) is 0 Å². The van der Waals surface area contributed by atoms with E-state index in [9.17, 15) is 18.0 Å². The molecule has 17 heavy (non-hydrogen) atoms. The predicted molar refractivity (Wildman–Crippen MR) is 58.2 cm³/mol. The molecule has 1 heterocycles. The first-order chi connectivity index (χ1) is 7.73. The summed E-state index contributed by atoms with van der Waals surface area (Å²) in [6.07, 6.45) is -3.66. The van der Waals surface area contributed by atoms with E-state index < -0.39 is 28.3 Å². The number of hydrogen-bond donors (Lipinski definition) is 2. The highest BCUT2D eigenvalue weighted by Gasteiger charge is 2.36. The second-order valence-corrected chi connectivity index (χ2v) is 3.57. The molecule has 4 nitrogen and oxygen atoms in total. The van der Waals surface area contributed by atoms with Crippen molar-refractivity contribution >= 4 is 23.2 Å². The first-order valence-corrected chi connectivity index (χ1v) is 4.78. The summed E-state index contributed by atoms with van der Waals surface area (Å²) in [5, 5.41) is 1.55. The summed E-state index contributed by atoms with van der Waals surface area (Å²) < 4.78 is 38.0. The molecule has 0 unspecified atom stereocenters. The monoisotopic (exact) mass is 263 g/mol. The van der Waals surface area contributed by atoms with Gasteiger partial charge in [0.15, 0.2) is 5.11 Å². The van der Waals surface area contributed by atoms with Crippen LogP contribution in [0.1, 0.15) is 21.6 Å². The van der Waals surface area contributed by atoms with Gasteiger partial charge >= 0.3 is 6.18 Å². The molecule has 0 saturated carbocycles. The molecular formula is C9H8F3N3OS. The lowest BCUT2D eigenvalue weighted by Gasteiger charge is -2.13. The van der Waals surface area contributed by atoms with Crippen molar-refractivity contribution in [3.05, 3.63) is 29.1 Å². The highest BCUT2D eigenvalue weighted by molar-refractivity contribution is 7.80. The quantitative estimate of drug-likeness (QED) is 0.751. The average molecular weight is 263 g/mol. The topological polar surface area (TPSA) is 68.0 Å². The van der Waals surface area contributed by atoms with Crippen molar-refractivity contribution in [2.24, 2.45) is 5.73 Å². The minimum absolute atomic E-state index is 0.0476. The van der Waals surface area contributed by atoms with Crippen molar-refractivity contribution < 1.29 is 18.0 Å². The third-order valence-corrected chi connectivity index (χ3v) is 2.01. The van der Waals surface area contributed by atoms with Crippen LogP contribution < -0.4 is 11.1 Å². The van der Waals surface area contributed by atoms with Gasteiger partial charge in [0, 0.05) is 6.20 Å². The zero-order valence-corrected chi connectivity index (χ0v) is 9.45. The fraction of sp³-hybridized carbons (Fsp3) is 0.222. The van der Waals surface area contributed by atoms with Crippen molar-refractivity contribution in [3.8, 4) is 0 Å². The van der Waals surface area contributed by atoms with E-state index in [4.69, 9.17) is 5.73 Å². The molecule has 0 saturated heterocycles. The molecule has 1 aromatic rings. The Morgan fingerprint density at radius 2 is 2.12 bits per heavy atom. The number of halogens is 3. The minimum Gasteiger partial charge on any atom is -0.376 e. The normalized spacial score (nSPS) is 11.1. The molecule has 0 aromatic carbocycles. The standard InChI is InChI=1S/C9H8F3N3OS/c1-4-6(7(16)15-8(13)17)5(2-3-14-4)9(10,11)12/h2-3H,1H3,(H3,13,15,16,17). The lowest BCUT2D eigenvalue weighted by Crippen LogP contribution is -2.36. The molecular weight excluding hydrogens is 255 g/mol.